The lowest BCUT2D eigenvalue weighted by atomic mass is 9.97. The lowest BCUT2D eigenvalue weighted by molar-refractivity contribution is -0.118. The molecule has 1 saturated carbocycles. The van der Waals surface area contributed by atoms with E-state index in [0.29, 0.717) is 18.6 Å². The summed E-state index contributed by atoms with van der Waals surface area (Å²) in [4.78, 5) is 38.5. The highest BCUT2D eigenvalue weighted by Crippen LogP contribution is 2.65. The van der Waals surface area contributed by atoms with Gasteiger partial charge in [-0.3, -0.25) is 14.4 Å². The fourth-order valence-electron chi connectivity index (χ4n) is 4.71. The summed E-state index contributed by atoms with van der Waals surface area (Å²) >= 11 is 31.0. The van der Waals surface area contributed by atoms with E-state index in [4.69, 9.17) is 58.0 Å². The van der Waals surface area contributed by atoms with Crippen molar-refractivity contribution >= 4 is 91.0 Å². The van der Waals surface area contributed by atoms with Gasteiger partial charge in [-0.05, 0) is 54.4 Å². The molecule has 3 aromatic carbocycles. The predicted molar refractivity (Wildman–Crippen MR) is 165 cm³/mol. The number of carbonyl (C=O) groups excluding carboxylic acids is 3. The topological polar surface area (TPSA) is 97.4 Å². The number of carbonyl (C=O) groups is 3. The van der Waals surface area contributed by atoms with Gasteiger partial charge in [-0.25, -0.2) is 17.2 Å². The first-order chi connectivity index (χ1) is 21.2. The molecule has 1 aliphatic rings. The van der Waals surface area contributed by atoms with Gasteiger partial charge >= 0.3 is 5.51 Å². The normalized spacial score (nSPS) is 18.2. The van der Waals surface area contributed by atoms with Crippen molar-refractivity contribution in [1.29, 1.82) is 0 Å². The minimum Gasteiger partial charge on any atom is -0.326 e. The van der Waals surface area contributed by atoms with Crippen molar-refractivity contribution in [3.05, 3.63) is 97.5 Å². The quantitative estimate of drug-likeness (QED) is 0.127. The van der Waals surface area contributed by atoms with Crippen LogP contribution in [0.1, 0.15) is 39.9 Å². The van der Waals surface area contributed by atoms with E-state index >= 15 is 4.39 Å². The van der Waals surface area contributed by atoms with Crippen molar-refractivity contribution < 1.29 is 44.8 Å². The molecule has 0 aliphatic heterocycles. The van der Waals surface area contributed by atoms with Gasteiger partial charge < -0.3 is 5.32 Å². The number of rotatable bonds is 10. The van der Waals surface area contributed by atoms with Gasteiger partial charge in [0.1, 0.15) is 21.2 Å². The lowest BCUT2D eigenvalue weighted by Crippen LogP contribution is -2.38. The number of ketones is 2. The van der Waals surface area contributed by atoms with Gasteiger partial charge in [-0.2, -0.15) is 13.2 Å². The van der Waals surface area contributed by atoms with Crippen LogP contribution >= 0.6 is 58.0 Å². The second kappa shape index (κ2) is 13.2. The molecule has 6 nitrogen and oxygen atoms in total. The maximum absolute atomic E-state index is 15.3. The Labute approximate surface area is 284 Å². The number of anilines is 1. The third-order valence-electron chi connectivity index (χ3n) is 7.38. The SMILES string of the molecule is CC(C(=O)Cc1c(F)ccc(CC(=O)c2cc(NC(=O)[C@H]3[C@H](c4ccc(Cl)c(Cl)c4)C3(Cl)Cl)ccc2Cl)c1F)S(=O)(=O)C(F)(F)F. The molecule has 0 radical (unpaired) electrons. The molecule has 0 aromatic heterocycles. The molecule has 0 spiro atoms. The number of halogens is 10. The molecule has 4 rings (SSSR count). The average Bonchev–Trinajstić information content (AvgIpc) is 3.55. The number of alkyl halides is 5. The Balaban J connectivity index is 1.51. The Morgan fingerprint density at radius 2 is 1.54 bits per heavy atom. The van der Waals surface area contributed by atoms with Gasteiger partial charge in [-0.15, -0.1) is 23.2 Å². The average molecular weight is 766 g/mol. The summed E-state index contributed by atoms with van der Waals surface area (Å²) in [6.07, 6.45) is -2.08. The zero-order valence-electron chi connectivity index (χ0n) is 23.0. The maximum atomic E-state index is 15.3. The molecule has 3 atom stereocenters. The Morgan fingerprint density at radius 1 is 0.913 bits per heavy atom. The highest BCUT2D eigenvalue weighted by Gasteiger charge is 2.67. The molecule has 1 fully saturated rings. The zero-order chi connectivity index (χ0) is 34.5. The monoisotopic (exact) mass is 763 g/mol. The van der Waals surface area contributed by atoms with Crippen molar-refractivity contribution in [2.75, 3.05) is 5.32 Å². The van der Waals surface area contributed by atoms with E-state index in [1.807, 2.05) is 0 Å². The highest BCUT2D eigenvalue weighted by atomic mass is 35.5. The van der Waals surface area contributed by atoms with Gasteiger partial charge in [0.2, 0.25) is 5.91 Å². The number of hydrogen-bond acceptors (Lipinski definition) is 5. The van der Waals surface area contributed by atoms with E-state index in [9.17, 15) is 40.4 Å². The molecule has 1 N–H and O–H groups in total. The molecule has 1 unspecified atom stereocenters. The van der Waals surface area contributed by atoms with E-state index < -0.39 is 89.8 Å². The minimum absolute atomic E-state index is 0.0902. The van der Waals surface area contributed by atoms with Crippen LogP contribution in [0.3, 0.4) is 0 Å². The lowest BCUT2D eigenvalue weighted by Gasteiger charge is -2.15. The molecule has 46 heavy (non-hydrogen) atoms. The predicted octanol–water partition coefficient (Wildman–Crippen LogP) is 8.31. The van der Waals surface area contributed by atoms with Crippen molar-refractivity contribution in [2.45, 2.75) is 40.8 Å². The maximum Gasteiger partial charge on any atom is 0.498 e. The van der Waals surface area contributed by atoms with Crippen LogP contribution in [0.4, 0.5) is 27.6 Å². The molecule has 0 bridgehead atoms. The Morgan fingerprint density at radius 3 is 2.15 bits per heavy atom. The van der Waals surface area contributed by atoms with Crippen LogP contribution in [-0.4, -0.2) is 41.0 Å². The molecule has 0 saturated heterocycles. The third-order valence-corrected chi connectivity index (χ3v) is 11.2. The van der Waals surface area contributed by atoms with Crippen molar-refractivity contribution in [1.82, 2.24) is 0 Å². The van der Waals surface area contributed by atoms with Crippen LogP contribution < -0.4 is 5.32 Å². The highest BCUT2D eigenvalue weighted by molar-refractivity contribution is 7.93. The molecular formula is C29H19Cl5F5NO5S. The molecule has 1 aliphatic carbocycles. The molecular weight excluding hydrogens is 747 g/mol. The summed E-state index contributed by atoms with van der Waals surface area (Å²) < 4.78 is 89.9. The molecule has 246 valence electrons. The first-order valence-electron chi connectivity index (χ1n) is 12.9. The van der Waals surface area contributed by atoms with E-state index in [2.05, 4.69) is 5.32 Å². The van der Waals surface area contributed by atoms with Crippen molar-refractivity contribution in [2.24, 2.45) is 5.92 Å². The van der Waals surface area contributed by atoms with Gasteiger partial charge in [0.25, 0.3) is 9.84 Å². The van der Waals surface area contributed by atoms with Crippen molar-refractivity contribution in [3.63, 3.8) is 0 Å². The fourth-order valence-corrected chi connectivity index (χ4v) is 6.90. The number of hydrogen-bond donors (Lipinski definition) is 1. The molecule has 1 amide bonds. The summed E-state index contributed by atoms with van der Waals surface area (Å²) in [6, 6.07) is 10.1. The van der Waals surface area contributed by atoms with Crippen LogP contribution in [0, 0.1) is 17.6 Å². The van der Waals surface area contributed by atoms with Crippen molar-refractivity contribution in [3.8, 4) is 0 Å². The van der Waals surface area contributed by atoms with E-state index in [1.165, 1.54) is 30.3 Å². The Hall–Kier alpha value is -2.48. The minimum atomic E-state index is -5.95. The van der Waals surface area contributed by atoms with Crippen LogP contribution in [0.2, 0.25) is 15.1 Å². The molecule has 17 heteroatoms. The number of nitrogens with one attached hydrogen (secondary N) is 1. The number of sulfone groups is 1. The first kappa shape index (κ1) is 36.4. The summed E-state index contributed by atoms with van der Waals surface area (Å²) in [5, 5.41) is 0.373. The van der Waals surface area contributed by atoms with Crippen LogP contribution in [0.5, 0.6) is 0 Å². The van der Waals surface area contributed by atoms with Crippen LogP contribution in [-0.2, 0) is 32.3 Å². The number of Topliss-reactive ketones (excluding diaryl/α,β-unsaturated/α-hetero) is 2. The molecule has 3 aromatic rings. The molecule has 0 heterocycles. The van der Waals surface area contributed by atoms with Crippen LogP contribution in [0.25, 0.3) is 0 Å². The van der Waals surface area contributed by atoms with E-state index in [1.54, 1.807) is 6.07 Å². The standard InChI is InChI=1S/C29H19Cl5F5NO5S/c1-12(46(44,45)29(37,38)39)22(41)11-17-21(35)7-3-14(26(17)36)9-23(42)16-10-15(4-6-18(16)30)40-27(43)25-24(28(25,33)34)13-2-5-19(31)20(32)8-13/h2-8,10,12,24-25H,9,11H2,1H3,(H,40,43)/t12?,24-,25+/m0/s1. The summed E-state index contributed by atoms with van der Waals surface area (Å²) in [7, 11) is -5.95. The van der Waals surface area contributed by atoms with Gasteiger partial charge in [0.15, 0.2) is 11.6 Å². The van der Waals surface area contributed by atoms with E-state index in [0.717, 1.165) is 6.07 Å². The smallest absolute Gasteiger partial charge is 0.326 e. The summed E-state index contributed by atoms with van der Waals surface area (Å²) in [5.41, 5.74) is -6.77. The third kappa shape index (κ3) is 7.17. The van der Waals surface area contributed by atoms with Crippen LogP contribution in [0.15, 0.2) is 48.5 Å². The second-order valence-corrected chi connectivity index (χ2v) is 15.3. The number of benzene rings is 3. The largest absolute Gasteiger partial charge is 0.498 e. The van der Waals surface area contributed by atoms with Gasteiger partial charge in [0.05, 0.1) is 21.0 Å². The zero-order valence-corrected chi connectivity index (χ0v) is 27.6. The Kier molecular flexibility index (Phi) is 10.4. The van der Waals surface area contributed by atoms with Gasteiger partial charge in [-0.1, -0.05) is 46.9 Å². The Bertz CT molecular complexity index is 1870. The summed E-state index contributed by atoms with van der Waals surface area (Å²) in [5.74, 6) is -7.37. The van der Waals surface area contributed by atoms with Gasteiger partial charge in [0, 0.05) is 35.6 Å². The second-order valence-electron chi connectivity index (χ2n) is 10.4. The summed E-state index contributed by atoms with van der Waals surface area (Å²) in [6.45, 7) is 0.457. The van der Waals surface area contributed by atoms with E-state index in [-0.39, 0.29) is 26.3 Å². The first-order valence-corrected chi connectivity index (χ1v) is 16.4. The fraction of sp³-hybridized carbons (Fsp3) is 0.276. The number of amides is 1.